The molecule has 0 saturated carbocycles. The van der Waals surface area contributed by atoms with E-state index in [4.69, 9.17) is 5.11 Å². The van der Waals surface area contributed by atoms with Crippen molar-refractivity contribution in [3.05, 3.63) is 24.3 Å². The minimum Gasteiger partial charge on any atom is -0.395 e. The largest absolute Gasteiger partial charge is 0.395 e. The minimum absolute atomic E-state index is 0.00521. The second kappa shape index (κ2) is 3.02. The summed E-state index contributed by atoms with van der Waals surface area (Å²) in [6.45, 7) is 2.33. The van der Waals surface area contributed by atoms with E-state index in [1.807, 2.05) is 12.2 Å². The number of rotatable bonds is 2. The molecular formula is C9H13O. The Kier molecular flexibility index (Phi) is 2.28. The Morgan fingerprint density at radius 2 is 2.50 bits per heavy atom. The first kappa shape index (κ1) is 7.55. The molecule has 55 valence electrons. The van der Waals surface area contributed by atoms with Crippen LogP contribution in [0.5, 0.6) is 0 Å². The zero-order valence-electron chi connectivity index (χ0n) is 6.30. The van der Waals surface area contributed by atoms with E-state index in [-0.39, 0.29) is 12.0 Å². The first-order chi connectivity index (χ1) is 4.83. The van der Waals surface area contributed by atoms with Gasteiger partial charge < -0.3 is 5.11 Å². The van der Waals surface area contributed by atoms with Gasteiger partial charge in [-0.1, -0.05) is 25.2 Å². The second-order valence-corrected chi connectivity index (χ2v) is 2.79. The van der Waals surface area contributed by atoms with E-state index in [0.29, 0.717) is 0 Å². The van der Waals surface area contributed by atoms with Gasteiger partial charge in [-0.25, -0.2) is 0 Å². The number of aliphatic hydroxyl groups is 1. The molecule has 0 aliphatic heterocycles. The molecule has 0 aromatic carbocycles. The van der Waals surface area contributed by atoms with Gasteiger partial charge in [0.25, 0.3) is 0 Å². The quantitative estimate of drug-likeness (QED) is 0.614. The summed E-state index contributed by atoms with van der Waals surface area (Å²) < 4.78 is 0. The third kappa shape index (κ3) is 1.29. The summed E-state index contributed by atoms with van der Waals surface area (Å²) in [4.78, 5) is 0. The molecule has 1 unspecified atom stereocenters. The number of allylic oxidation sites excluding steroid dienone is 3. The van der Waals surface area contributed by atoms with Gasteiger partial charge in [0.05, 0.1) is 6.61 Å². The van der Waals surface area contributed by atoms with Crippen LogP contribution < -0.4 is 0 Å². The summed E-state index contributed by atoms with van der Waals surface area (Å²) >= 11 is 0. The van der Waals surface area contributed by atoms with Gasteiger partial charge >= 0.3 is 0 Å². The minimum atomic E-state index is -0.00521. The Bertz CT molecular complexity index is 152. The normalized spacial score (nSPS) is 31.0. The lowest BCUT2D eigenvalue weighted by molar-refractivity contribution is 0.165. The number of hydrogen-bond acceptors (Lipinski definition) is 1. The van der Waals surface area contributed by atoms with Gasteiger partial charge in [0, 0.05) is 5.41 Å². The molecule has 10 heavy (non-hydrogen) atoms. The average molecular weight is 137 g/mol. The summed E-state index contributed by atoms with van der Waals surface area (Å²) in [5.74, 6) is 0. The van der Waals surface area contributed by atoms with Crippen LogP contribution >= 0.6 is 0 Å². The van der Waals surface area contributed by atoms with Crippen LogP contribution in [0.15, 0.2) is 18.2 Å². The maximum atomic E-state index is 9.04. The first-order valence-electron chi connectivity index (χ1n) is 3.69. The van der Waals surface area contributed by atoms with Crippen molar-refractivity contribution in [2.24, 2.45) is 5.41 Å². The summed E-state index contributed by atoms with van der Waals surface area (Å²) in [5, 5.41) is 9.04. The molecule has 0 aromatic rings. The van der Waals surface area contributed by atoms with Crippen LogP contribution in [0.2, 0.25) is 0 Å². The highest BCUT2D eigenvalue weighted by atomic mass is 16.3. The molecule has 0 fully saturated rings. The molecule has 0 amide bonds. The zero-order valence-corrected chi connectivity index (χ0v) is 6.30. The zero-order chi connectivity index (χ0) is 7.45. The number of hydrogen-bond donors (Lipinski definition) is 1. The van der Waals surface area contributed by atoms with Gasteiger partial charge in [0.15, 0.2) is 0 Å². The van der Waals surface area contributed by atoms with E-state index in [2.05, 4.69) is 19.1 Å². The highest BCUT2D eigenvalue weighted by Gasteiger charge is 2.23. The van der Waals surface area contributed by atoms with Crippen molar-refractivity contribution < 1.29 is 5.11 Å². The van der Waals surface area contributed by atoms with Crippen LogP contribution in [-0.4, -0.2) is 11.7 Å². The molecule has 1 rings (SSSR count). The molecule has 1 aliphatic carbocycles. The predicted molar refractivity (Wildman–Crippen MR) is 41.4 cm³/mol. The van der Waals surface area contributed by atoms with Gasteiger partial charge in [0.2, 0.25) is 0 Å². The molecule has 0 saturated heterocycles. The van der Waals surface area contributed by atoms with Gasteiger partial charge in [0.1, 0.15) is 0 Å². The van der Waals surface area contributed by atoms with Crippen molar-refractivity contribution in [1.82, 2.24) is 0 Å². The van der Waals surface area contributed by atoms with Crippen LogP contribution in [0.1, 0.15) is 19.8 Å². The van der Waals surface area contributed by atoms with E-state index in [9.17, 15) is 0 Å². The van der Waals surface area contributed by atoms with Crippen molar-refractivity contribution in [3.8, 4) is 0 Å². The number of aliphatic hydroxyl groups excluding tert-OH is 1. The average Bonchev–Trinajstić information content (AvgIpc) is 2.06. The van der Waals surface area contributed by atoms with Crippen LogP contribution in [0.4, 0.5) is 0 Å². The molecule has 1 heteroatoms. The summed E-state index contributed by atoms with van der Waals surface area (Å²) in [6, 6.07) is 0. The highest BCUT2D eigenvalue weighted by Crippen LogP contribution is 2.30. The topological polar surface area (TPSA) is 20.2 Å². The fourth-order valence-corrected chi connectivity index (χ4v) is 1.11. The van der Waals surface area contributed by atoms with Crippen LogP contribution in [0, 0.1) is 11.5 Å². The van der Waals surface area contributed by atoms with E-state index < -0.39 is 0 Å². The lowest BCUT2D eigenvalue weighted by Crippen LogP contribution is -2.22. The molecule has 1 atom stereocenters. The van der Waals surface area contributed by atoms with Crippen molar-refractivity contribution in [3.63, 3.8) is 0 Å². The lowest BCUT2D eigenvalue weighted by Gasteiger charge is -2.26. The molecule has 0 spiro atoms. The van der Waals surface area contributed by atoms with Crippen LogP contribution in [-0.2, 0) is 0 Å². The fraction of sp³-hybridized carbons (Fsp3) is 0.556. The molecule has 0 aromatic heterocycles. The van der Waals surface area contributed by atoms with E-state index >= 15 is 0 Å². The first-order valence-corrected chi connectivity index (χ1v) is 3.69. The molecular weight excluding hydrogens is 124 g/mol. The lowest BCUT2D eigenvalue weighted by atomic mass is 9.80. The molecule has 1 aliphatic rings. The highest BCUT2D eigenvalue weighted by molar-refractivity contribution is 5.11. The summed E-state index contributed by atoms with van der Waals surface area (Å²) in [5.41, 5.74) is -0.00521. The summed E-state index contributed by atoms with van der Waals surface area (Å²) in [6.07, 6.45) is 10.9. The van der Waals surface area contributed by atoms with E-state index in [0.717, 1.165) is 12.8 Å². The predicted octanol–water partition coefficient (Wildman–Crippen LogP) is 1.69. The third-order valence-corrected chi connectivity index (χ3v) is 2.15. The van der Waals surface area contributed by atoms with E-state index in [1.165, 1.54) is 0 Å². The third-order valence-electron chi connectivity index (χ3n) is 2.15. The van der Waals surface area contributed by atoms with Crippen LogP contribution in [0.25, 0.3) is 0 Å². The Labute approximate surface area is 62.1 Å². The van der Waals surface area contributed by atoms with Crippen molar-refractivity contribution in [2.45, 2.75) is 19.8 Å². The van der Waals surface area contributed by atoms with Gasteiger partial charge in [-0.3, -0.25) is 0 Å². The standard InChI is InChI=1S/C9H13O/c1-2-9(8-10)6-4-3-5-7-9/h3-4,7,10H,2,6,8H2,1H3. The molecule has 1 nitrogen and oxygen atoms in total. The van der Waals surface area contributed by atoms with E-state index in [1.54, 1.807) is 0 Å². The van der Waals surface area contributed by atoms with Crippen molar-refractivity contribution >= 4 is 0 Å². The van der Waals surface area contributed by atoms with Crippen LogP contribution in [0.3, 0.4) is 0 Å². The Balaban J connectivity index is 2.66. The Hall–Kier alpha value is -0.560. The maximum absolute atomic E-state index is 9.04. The van der Waals surface area contributed by atoms with Gasteiger partial charge in [-0.2, -0.15) is 0 Å². The van der Waals surface area contributed by atoms with Gasteiger partial charge in [-0.15, -0.1) is 0 Å². The van der Waals surface area contributed by atoms with Crippen molar-refractivity contribution in [1.29, 1.82) is 0 Å². The molecule has 1 N–H and O–H groups in total. The fourth-order valence-electron chi connectivity index (χ4n) is 1.11. The smallest absolute Gasteiger partial charge is 0.0525 e. The molecule has 0 heterocycles. The Morgan fingerprint density at radius 1 is 1.70 bits per heavy atom. The monoisotopic (exact) mass is 137 g/mol. The summed E-state index contributed by atoms with van der Waals surface area (Å²) in [7, 11) is 0. The molecule has 1 radical (unpaired) electrons. The van der Waals surface area contributed by atoms with Gasteiger partial charge in [-0.05, 0) is 18.9 Å². The molecule has 0 bridgehead atoms. The van der Waals surface area contributed by atoms with Crippen molar-refractivity contribution in [2.75, 3.05) is 6.61 Å². The Morgan fingerprint density at radius 3 is 2.80 bits per heavy atom. The second-order valence-electron chi connectivity index (χ2n) is 2.79. The SMILES string of the molecule is CCC1(CO)C=[C]C=CC1. The maximum Gasteiger partial charge on any atom is 0.0525 e.